The second-order valence-electron chi connectivity index (χ2n) is 5.70. The van der Waals surface area contributed by atoms with Crippen molar-refractivity contribution in [2.24, 2.45) is 0 Å². The van der Waals surface area contributed by atoms with Crippen molar-refractivity contribution in [3.05, 3.63) is 68.6 Å². The highest BCUT2D eigenvalue weighted by Gasteiger charge is 2.34. The summed E-state index contributed by atoms with van der Waals surface area (Å²) in [5.41, 5.74) is 2.05. The summed E-state index contributed by atoms with van der Waals surface area (Å²) in [6.45, 7) is 0. The van der Waals surface area contributed by atoms with Crippen LogP contribution in [0.3, 0.4) is 0 Å². The molecule has 10 heteroatoms. The molecule has 9 nitrogen and oxygen atoms in total. The van der Waals surface area contributed by atoms with Crippen molar-refractivity contribution < 1.29 is 4.42 Å². The first kappa shape index (κ1) is 15.0. The summed E-state index contributed by atoms with van der Waals surface area (Å²) in [4.78, 5) is 12.5. The van der Waals surface area contributed by atoms with E-state index in [0.717, 1.165) is 10.0 Å². The predicted octanol–water partition coefficient (Wildman–Crippen LogP) is 2.47. The van der Waals surface area contributed by atoms with Gasteiger partial charge in [0, 0.05) is 10.0 Å². The van der Waals surface area contributed by atoms with Gasteiger partial charge in [-0.05, 0) is 40.3 Å². The van der Waals surface area contributed by atoms with E-state index in [4.69, 9.17) is 4.42 Å². The quantitative estimate of drug-likeness (QED) is 0.458. The van der Waals surface area contributed by atoms with Gasteiger partial charge in [-0.15, -0.1) is 0 Å². The summed E-state index contributed by atoms with van der Waals surface area (Å²) < 4.78 is 8.05. The van der Waals surface area contributed by atoms with Crippen molar-refractivity contribution in [2.75, 3.05) is 5.32 Å². The van der Waals surface area contributed by atoms with E-state index in [1.54, 1.807) is 23.1 Å². The topological polar surface area (TPSA) is 115 Å². The first-order valence-electron chi connectivity index (χ1n) is 7.69. The molecule has 5 rings (SSSR count). The van der Waals surface area contributed by atoms with Gasteiger partial charge in [-0.1, -0.05) is 33.2 Å². The van der Waals surface area contributed by atoms with Gasteiger partial charge >= 0.3 is 0 Å². The van der Waals surface area contributed by atoms with E-state index in [0.29, 0.717) is 28.7 Å². The zero-order valence-corrected chi connectivity index (χ0v) is 14.6. The fraction of sp³-hybridized carbons (Fsp3) is 0.0625. The first-order chi connectivity index (χ1) is 12.7. The minimum Gasteiger partial charge on any atom is -0.463 e. The lowest BCUT2D eigenvalue weighted by Crippen LogP contribution is -2.29. The minimum atomic E-state index is -0.441. The Labute approximate surface area is 154 Å². The lowest BCUT2D eigenvalue weighted by atomic mass is 9.94. The lowest BCUT2D eigenvalue weighted by Gasteiger charge is -2.27. The van der Waals surface area contributed by atoms with E-state index in [9.17, 15) is 4.79 Å². The molecule has 26 heavy (non-hydrogen) atoms. The van der Waals surface area contributed by atoms with Crippen LogP contribution in [0.15, 0.2) is 56.3 Å². The molecule has 4 heterocycles. The Morgan fingerprint density at radius 2 is 2.15 bits per heavy atom. The second-order valence-corrected chi connectivity index (χ2v) is 6.61. The Morgan fingerprint density at radius 3 is 2.96 bits per heavy atom. The van der Waals surface area contributed by atoms with Crippen LogP contribution in [-0.4, -0.2) is 30.4 Å². The molecular weight excluding hydrogens is 402 g/mol. The van der Waals surface area contributed by atoms with Crippen LogP contribution in [0.2, 0.25) is 0 Å². The van der Waals surface area contributed by atoms with Crippen LogP contribution in [0, 0.1) is 0 Å². The molecule has 0 aliphatic carbocycles. The van der Waals surface area contributed by atoms with Crippen LogP contribution < -0.4 is 10.9 Å². The van der Waals surface area contributed by atoms with E-state index >= 15 is 0 Å². The molecule has 0 bridgehead atoms. The molecule has 0 saturated heterocycles. The Hall–Kier alpha value is -3.27. The fourth-order valence-electron chi connectivity index (χ4n) is 3.12. The highest BCUT2D eigenvalue weighted by Crippen LogP contribution is 2.41. The van der Waals surface area contributed by atoms with Crippen LogP contribution in [0.25, 0.3) is 11.5 Å². The summed E-state index contributed by atoms with van der Waals surface area (Å²) in [5.74, 6) is 0.917. The highest BCUT2D eigenvalue weighted by molar-refractivity contribution is 9.10. The zero-order chi connectivity index (χ0) is 17.7. The maximum absolute atomic E-state index is 12.5. The number of rotatable bonds is 2. The summed E-state index contributed by atoms with van der Waals surface area (Å²) in [5, 5.41) is 21.5. The average molecular weight is 412 g/mol. The number of anilines is 2. The van der Waals surface area contributed by atoms with Gasteiger partial charge in [0.25, 0.3) is 5.56 Å². The summed E-state index contributed by atoms with van der Waals surface area (Å²) in [6, 6.07) is 10.9. The number of aromatic nitrogens is 6. The van der Waals surface area contributed by atoms with Gasteiger partial charge in [0.05, 0.1) is 6.26 Å². The molecule has 0 spiro atoms. The number of fused-ring (bicyclic) bond motifs is 2. The molecule has 128 valence electrons. The molecule has 0 amide bonds. The third kappa shape index (κ3) is 2.19. The lowest BCUT2D eigenvalue weighted by molar-refractivity contribution is 0.554. The van der Waals surface area contributed by atoms with Crippen molar-refractivity contribution in [3.63, 3.8) is 0 Å². The van der Waals surface area contributed by atoms with Crippen molar-refractivity contribution in [1.82, 2.24) is 30.4 Å². The van der Waals surface area contributed by atoms with Crippen molar-refractivity contribution in [1.29, 1.82) is 0 Å². The maximum atomic E-state index is 12.5. The molecule has 0 radical (unpaired) electrons. The zero-order valence-electron chi connectivity index (χ0n) is 13.0. The average Bonchev–Trinajstić information content (AvgIpc) is 3.32. The molecule has 3 aromatic heterocycles. The Morgan fingerprint density at radius 1 is 1.23 bits per heavy atom. The number of furan rings is 1. The minimum absolute atomic E-state index is 0.346. The number of H-pyrrole nitrogens is 1. The number of aromatic amines is 1. The molecule has 4 aromatic rings. The Bertz CT molecular complexity index is 1170. The van der Waals surface area contributed by atoms with Gasteiger partial charge < -0.3 is 9.73 Å². The molecule has 1 aliphatic heterocycles. The SMILES string of the molecule is O=c1[nH]nc(-c2ccco2)c2c1Nc1nnnn1[C@@H]2c1cccc(Br)c1. The molecule has 2 N–H and O–H groups in total. The molecule has 0 saturated carbocycles. The second kappa shape index (κ2) is 5.63. The van der Waals surface area contributed by atoms with E-state index in [2.05, 4.69) is 47.0 Å². The molecule has 1 atom stereocenters. The van der Waals surface area contributed by atoms with Crippen LogP contribution in [0.1, 0.15) is 17.2 Å². The van der Waals surface area contributed by atoms with Gasteiger partial charge in [-0.25, -0.2) is 5.10 Å². The molecule has 1 aromatic carbocycles. The van der Waals surface area contributed by atoms with Crippen molar-refractivity contribution >= 4 is 27.6 Å². The monoisotopic (exact) mass is 411 g/mol. The third-order valence-electron chi connectivity index (χ3n) is 4.19. The number of hydrogen-bond donors (Lipinski definition) is 2. The number of halogens is 1. The van der Waals surface area contributed by atoms with Gasteiger partial charge in [0.15, 0.2) is 5.76 Å². The summed E-state index contributed by atoms with van der Waals surface area (Å²) in [7, 11) is 0. The van der Waals surface area contributed by atoms with Crippen LogP contribution >= 0.6 is 15.9 Å². The van der Waals surface area contributed by atoms with Gasteiger partial charge in [0.2, 0.25) is 5.95 Å². The van der Waals surface area contributed by atoms with Gasteiger partial charge in [-0.2, -0.15) is 9.78 Å². The van der Waals surface area contributed by atoms with Crippen LogP contribution in [0.5, 0.6) is 0 Å². The van der Waals surface area contributed by atoms with E-state index in [-0.39, 0.29) is 5.56 Å². The van der Waals surface area contributed by atoms with Crippen LogP contribution in [0.4, 0.5) is 11.6 Å². The smallest absolute Gasteiger partial charge is 0.288 e. The van der Waals surface area contributed by atoms with E-state index in [1.165, 1.54) is 0 Å². The number of nitrogens with one attached hydrogen (secondary N) is 2. The summed E-state index contributed by atoms with van der Waals surface area (Å²) >= 11 is 3.49. The third-order valence-corrected chi connectivity index (χ3v) is 4.68. The Kier molecular flexibility index (Phi) is 3.25. The largest absolute Gasteiger partial charge is 0.463 e. The van der Waals surface area contributed by atoms with Crippen molar-refractivity contribution in [3.8, 4) is 11.5 Å². The molecule has 1 aliphatic rings. The fourth-order valence-corrected chi connectivity index (χ4v) is 3.54. The highest BCUT2D eigenvalue weighted by atomic mass is 79.9. The maximum Gasteiger partial charge on any atom is 0.288 e. The van der Waals surface area contributed by atoms with Crippen LogP contribution in [-0.2, 0) is 0 Å². The predicted molar refractivity (Wildman–Crippen MR) is 95.0 cm³/mol. The van der Waals surface area contributed by atoms with Gasteiger partial charge in [-0.3, -0.25) is 4.79 Å². The number of nitrogens with zero attached hydrogens (tertiary/aromatic N) is 5. The van der Waals surface area contributed by atoms with E-state index < -0.39 is 6.04 Å². The standard InChI is InChI=1S/C16H10BrN7O2/c17-9-4-1-3-8(7-9)14-11-12(10-5-2-6-26-10)19-20-15(25)13(11)18-16-21-22-23-24(14)16/h1-7,14H,(H,20,25)(H,18,21,23)/t14-/m1/s1. The Balaban J connectivity index is 1.85. The number of hydrogen-bond acceptors (Lipinski definition) is 7. The molecule has 0 unspecified atom stereocenters. The summed E-state index contributed by atoms with van der Waals surface area (Å²) in [6.07, 6.45) is 1.56. The molecular formula is C16H10BrN7O2. The number of benzene rings is 1. The molecule has 0 fully saturated rings. The normalized spacial score (nSPS) is 15.2. The first-order valence-corrected chi connectivity index (χ1v) is 8.48. The van der Waals surface area contributed by atoms with E-state index in [1.807, 2.05) is 24.3 Å². The van der Waals surface area contributed by atoms with Gasteiger partial charge in [0.1, 0.15) is 17.4 Å². The van der Waals surface area contributed by atoms with Crippen molar-refractivity contribution in [2.45, 2.75) is 6.04 Å². The number of tetrazole rings is 1.